The molecule has 1 amide bonds. The van der Waals surface area contributed by atoms with Gasteiger partial charge in [0.05, 0.1) is 11.7 Å². The molecule has 0 fully saturated rings. The molecule has 11 heteroatoms. The molecule has 0 radical (unpaired) electrons. The Bertz CT molecular complexity index is 1190. The Kier molecular flexibility index (Phi) is 6.18. The normalized spacial score (nSPS) is 14.4. The number of nitrogens with zero attached hydrogens (tertiary/aromatic N) is 4. The SMILES string of the molecule is CCC(C)OC(=O)c1c(NC(=O)c2nc3nc(C)cc(C(F)F)n3n2)sc2c1CCCC2. The zero-order valence-corrected chi connectivity index (χ0v) is 18.8. The van der Waals surface area contributed by atoms with Gasteiger partial charge in [-0.3, -0.25) is 4.79 Å². The number of anilines is 1. The van der Waals surface area contributed by atoms with Crippen molar-refractivity contribution in [3.63, 3.8) is 0 Å². The van der Waals surface area contributed by atoms with Gasteiger partial charge >= 0.3 is 5.97 Å². The Morgan fingerprint density at radius 3 is 2.75 bits per heavy atom. The first-order chi connectivity index (χ1) is 15.3. The number of thiophene rings is 1. The van der Waals surface area contributed by atoms with E-state index in [1.54, 1.807) is 6.92 Å². The number of carbonyl (C=O) groups is 2. The van der Waals surface area contributed by atoms with E-state index in [1.165, 1.54) is 17.4 Å². The summed E-state index contributed by atoms with van der Waals surface area (Å²) in [6.45, 7) is 5.29. The van der Waals surface area contributed by atoms with E-state index in [-0.39, 0.29) is 17.7 Å². The third-order valence-electron chi connectivity index (χ3n) is 5.38. The van der Waals surface area contributed by atoms with Crippen LogP contribution in [-0.4, -0.2) is 37.6 Å². The van der Waals surface area contributed by atoms with Crippen LogP contribution in [0.15, 0.2) is 6.07 Å². The lowest BCUT2D eigenvalue weighted by molar-refractivity contribution is 0.0335. The van der Waals surface area contributed by atoms with Crippen LogP contribution in [0, 0.1) is 6.92 Å². The molecule has 3 aromatic heterocycles. The van der Waals surface area contributed by atoms with Crippen LogP contribution >= 0.6 is 11.3 Å². The smallest absolute Gasteiger partial charge is 0.341 e. The van der Waals surface area contributed by atoms with E-state index in [9.17, 15) is 18.4 Å². The first-order valence-electron chi connectivity index (χ1n) is 10.5. The Balaban J connectivity index is 1.68. The summed E-state index contributed by atoms with van der Waals surface area (Å²) in [5, 5.41) is 7.00. The van der Waals surface area contributed by atoms with Crippen LogP contribution in [0.4, 0.5) is 13.8 Å². The molecule has 0 aliphatic heterocycles. The number of nitrogens with one attached hydrogen (secondary N) is 1. The summed E-state index contributed by atoms with van der Waals surface area (Å²) in [7, 11) is 0. The van der Waals surface area contributed by atoms with Gasteiger partial charge in [-0.25, -0.2) is 18.6 Å². The van der Waals surface area contributed by atoms with Gasteiger partial charge < -0.3 is 10.1 Å². The predicted molar refractivity (Wildman–Crippen MR) is 115 cm³/mol. The molecule has 3 aromatic rings. The van der Waals surface area contributed by atoms with Crippen LogP contribution < -0.4 is 5.32 Å². The molecule has 0 spiro atoms. The van der Waals surface area contributed by atoms with E-state index >= 15 is 0 Å². The lowest BCUT2D eigenvalue weighted by Crippen LogP contribution is -2.19. The molecule has 32 heavy (non-hydrogen) atoms. The second-order valence-corrected chi connectivity index (χ2v) is 8.87. The minimum absolute atomic E-state index is 0.0904. The van der Waals surface area contributed by atoms with Crippen molar-refractivity contribution in [3.05, 3.63) is 39.3 Å². The summed E-state index contributed by atoms with van der Waals surface area (Å²) in [6, 6.07) is 1.20. The van der Waals surface area contributed by atoms with E-state index in [0.29, 0.717) is 22.7 Å². The number of alkyl halides is 2. The monoisotopic (exact) mass is 463 g/mol. The van der Waals surface area contributed by atoms with Gasteiger partial charge in [-0.1, -0.05) is 6.92 Å². The highest BCUT2D eigenvalue weighted by Crippen LogP contribution is 2.39. The maximum Gasteiger partial charge on any atom is 0.341 e. The second kappa shape index (κ2) is 8.89. The van der Waals surface area contributed by atoms with Crippen LogP contribution in [0.5, 0.6) is 0 Å². The van der Waals surface area contributed by atoms with Crippen molar-refractivity contribution in [2.75, 3.05) is 5.32 Å². The van der Waals surface area contributed by atoms with Crippen LogP contribution in [0.3, 0.4) is 0 Å². The largest absolute Gasteiger partial charge is 0.459 e. The average Bonchev–Trinajstić information content (AvgIpc) is 3.33. The van der Waals surface area contributed by atoms with Crippen molar-refractivity contribution in [1.82, 2.24) is 19.6 Å². The average molecular weight is 464 g/mol. The standard InChI is InChI=1S/C21H23F2N5O3S/c1-4-11(3)31-20(30)15-12-7-5-6-8-14(12)32-19(15)26-18(29)17-25-21-24-10(2)9-13(16(22)23)28(21)27-17/h9,11,16H,4-8H2,1-3H3,(H,26,29). The maximum atomic E-state index is 13.4. The van der Waals surface area contributed by atoms with Gasteiger partial charge in [0.2, 0.25) is 5.82 Å². The fourth-order valence-corrected chi connectivity index (χ4v) is 4.89. The first kappa shape index (κ1) is 22.3. The number of halogens is 2. The van der Waals surface area contributed by atoms with Crippen LogP contribution in [0.1, 0.15) is 82.3 Å². The van der Waals surface area contributed by atoms with Crippen molar-refractivity contribution < 1.29 is 23.1 Å². The number of aryl methyl sites for hydroxylation is 2. The Labute approximate surface area is 187 Å². The summed E-state index contributed by atoms with van der Waals surface area (Å²) in [4.78, 5) is 34.9. The quantitative estimate of drug-likeness (QED) is 0.540. The Hall–Kier alpha value is -2.95. The number of aromatic nitrogens is 4. The van der Waals surface area contributed by atoms with E-state index in [2.05, 4.69) is 20.4 Å². The summed E-state index contributed by atoms with van der Waals surface area (Å²) in [5.74, 6) is -1.58. The highest BCUT2D eigenvalue weighted by molar-refractivity contribution is 7.17. The van der Waals surface area contributed by atoms with Crippen molar-refractivity contribution in [3.8, 4) is 0 Å². The molecule has 3 heterocycles. The number of hydrogen-bond acceptors (Lipinski definition) is 7. The van der Waals surface area contributed by atoms with E-state index in [1.807, 2.05) is 13.8 Å². The molecule has 0 saturated carbocycles. The molecule has 170 valence electrons. The predicted octanol–water partition coefficient (Wildman–Crippen LogP) is 4.52. The molecule has 4 rings (SSSR count). The fourth-order valence-electron chi connectivity index (χ4n) is 3.62. The number of fused-ring (bicyclic) bond motifs is 2. The highest BCUT2D eigenvalue weighted by Gasteiger charge is 2.29. The van der Waals surface area contributed by atoms with Crippen molar-refractivity contribution in [1.29, 1.82) is 0 Å². The molecule has 1 N–H and O–H groups in total. The topological polar surface area (TPSA) is 98.5 Å². The van der Waals surface area contributed by atoms with E-state index in [0.717, 1.165) is 40.6 Å². The van der Waals surface area contributed by atoms with Gasteiger partial charge in [-0.15, -0.1) is 16.4 Å². The number of ether oxygens (including phenoxy) is 1. The molecule has 1 aliphatic carbocycles. The summed E-state index contributed by atoms with van der Waals surface area (Å²) < 4.78 is 33.1. The summed E-state index contributed by atoms with van der Waals surface area (Å²) in [5.41, 5.74) is 1.21. The maximum absolute atomic E-state index is 13.4. The second-order valence-electron chi connectivity index (χ2n) is 7.76. The number of rotatable bonds is 6. The zero-order chi connectivity index (χ0) is 23.0. The highest BCUT2D eigenvalue weighted by atomic mass is 32.1. The lowest BCUT2D eigenvalue weighted by atomic mass is 9.95. The number of esters is 1. The van der Waals surface area contributed by atoms with Crippen LogP contribution in [-0.2, 0) is 17.6 Å². The molecule has 0 bridgehead atoms. The van der Waals surface area contributed by atoms with E-state index in [4.69, 9.17) is 4.74 Å². The van der Waals surface area contributed by atoms with Gasteiger partial charge in [0.1, 0.15) is 10.7 Å². The summed E-state index contributed by atoms with van der Waals surface area (Å²) >= 11 is 1.33. The van der Waals surface area contributed by atoms with Crippen molar-refractivity contribution in [2.24, 2.45) is 0 Å². The minimum Gasteiger partial charge on any atom is -0.459 e. The van der Waals surface area contributed by atoms with Gasteiger partial charge in [-0.05, 0) is 57.6 Å². The summed E-state index contributed by atoms with van der Waals surface area (Å²) in [6.07, 6.45) is 1.14. The molecular formula is C21H23F2N5O3S. The van der Waals surface area contributed by atoms with Crippen LogP contribution in [0.25, 0.3) is 5.78 Å². The van der Waals surface area contributed by atoms with E-state index < -0.39 is 24.0 Å². The van der Waals surface area contributed by atoms with Gasteiger partial charge in [0.15, 0.2) is 0 Å². The van der Waals surface area contributed by atoms with Gasteiger partial charge in [0.25, 0.3) is 18.1 Å². The molecule has 1 atom stereocenters. The molecule has 0 saturated heterocycles. The van der Waals surface area contributed by atoms with Crippen molar-refractivity contribution in [2.45, 2.75) is 65.4 Å². The minimum atomic E-state index is -2.80. The Morgan fingerprint density at radius 2 is 2.03 bits per heavy atom. The van der Waals surface area contributed by atoms with Crippen molar-refractivity contribution >= 4 is 34.0 Å². The fraction of sp³-hybridized carbons (Fsp3) is 0.476. The molecular weight excluding hydrogens is 440 g/mol. The number of hydrogen-bond donors (Lipinski definition) is 1. The molecule has 0 aromatic carbocycles. The molecule has 1 aliphatic rings. The molecule has 1 unspecified atom stereocenters. The third-order valence-corrected chi connectivity index (χ3v) is 6.59. The number of amides is 1. The van der Waals surface area contributed by atoms with Gasteiger partial charge in [0, 0.05) is 10.6 Å². The lowest BCUT2D eigenvalue weighted by Gasteiger charge is -2.15. The number of carbonyl (C=O) groups excluding carboxylic acids is 2. The third kappa shape index (κ3) is 4.21. The molecule has 8 nitrogen and oxygen atoms in total. The Morgan fingerprint density at radius 1 is 1.28 bits per heavy atom. The van der Waals surface area contributed by atoms with Crippen LogP contribution in [0.2, 0.25) is 0 Å². The van der Waals surface area contributed by atoms with Gasteiger partial charge in [-0.2, -0.15) is 9.50 Å². The zero-order valence-electron chi connectivity index (χ0n) is 17.9. The first-order valence-corrected chi connectivity index (χ1v) is 11.3.